The molecule has 2 aromatic carbocycles. The molecule has 1 aliphatic carbocycles. The van der Waals surface area contributed by atoms with Crippen LogP contribution in [0.3, 0.4) is 0 Å². The summed E-state index contributed by atoms with van der Waals surface area (Å²) in [5.41, 5.74) is 5.68. The Labute approximate surface area is 200 Å². The van der Waals surface area contributed by atoms with Crippen LogP contribution in [0.25, 0.3) is 0 Å². The molecule has 0 saturated carbocycles. The maximum absolute atomic E-state index is 12.1. The lowest BCUT2D eigenvalue weighted by Gasteiger charge is -2.25. The standard InChI is InChI=1S/C24H22N6O3S/c1-12-10-25-23(27-14-4-3-13-7-18-21(16(13)8-14)28-24(32)33-18)29-22(12)26-15-5-6-19-17(9-15)30(2)20(31)11-34-19/h3-6,8-10,18,21H,7,11H2,1-2H3,(H,28,32)(H2,25,26,27,29)/t18-,21+/m0/s1. The number of aryl methyl sites for hydroxylation is 1. The molecule has 10 heteroatoms. The highest BCUT2D eigenvalue weighted by atomic mass is 32.2. The predicted octanol–water partition coefficient (Wildman–Crippen LogP) is 4.05. The van der Waals surface area contributed by atoms with Crippen LogP contribution in [0, 0.1) is 6.92 Å². The predicted molar refractivity (Wildman–Crippen MR) is 130 cm³/mol. The van der Waals surface area contributed by atoms with E-state index >= 15 is 0 Å². The van der Waals surface area contributed by atoms with Gasteiger partial charge in [0.2, 0.25) is 11.9 Å². The van der Waals surface area contributed by atoms with Crippen molar-refractivity contribution in [3.05, 3.63) is 59.3 Å². The van der Waals surface area contributed by atoms with E-state index in [0.717, 1.165) is 33.1 Å². The molecule has 3 aromatic rings. The molecule has 0 bridgehead atoms. The number of nitrogens with one attached hydrogen (secondary N) is 3. The number of aromatic nitrogens is 2. The van der Waals surface area contributed by atoms with Gasteiger partial charge in [0, 0.05) is 41.5 Å². The van der Waals surface area contributed by atoms with E-state index in [1.807, 2.05) is 43.3 Å². The Morgan fingerprint density at radius 2 is 1.97 bits per heavy atom. The highest BCUT2D eigenvalue weighted by Gasteiger charge is 2.41. The van der Waals surface area contributed by atoms with Crippen LogP contribution in [0.15, 0.2) is 47.5 Å². The van der Waals surface area contributed by atoms with E-state index in [2.05, 4.69) is 25.9 Å². The van der Waals surface area contributed by atoms with Gasteiger partial charge in [0.1, 0.15) is 11.9 Å². The van der Waals surface area contributed by atoms with Crippen LogP contribution < -0.4 is 20.9 Å². The molecule has 1 saturated heterocycles. The van der Waals surface area contributed by atoms with Gasteiger partial charge in [-0.05, 0) is 48.4 Å². The maximum Gasteiger partial charge on any atom is 0.408 e. The van der Waals surface area contributed by atoms with Gasteiger partial charge in [-0.15, -0.1) is 11.8 Å². The molecule has 3 aliphatic rings. The summed E-state index contributed by atoms with van der Waals surface area (Å²) in [5, 5.41) is 9.51. The molecule has 6 rings (SSSR count). The zero-order valence-electron chi connectivity index (χ0n) is 18.6. The molecule has 0 unspecified atom stereocenters. The molecular formula is C24H22N6O3S. The molecule has 1 fully saturated rings. The summed E-state index contributed by atoms with van der Waals surface area (Å²) in [7, 11) is 1.80. The van der Waals surface area contributed by atoms with Crippen molar-refractivity contribution in [2.45, 2.75) is 30.4 Å². The Morgan fingerprint density at radius 3 is 2.85 bits per heavy atom. The Balaban J connectivity index is 1.23. The van der Waals surface area contributed by atoms with Crippen molar-refractivity contribution in [3.8, 4) is 0 Å². The second kappa shape index (κ2) is 7.91. The number of nitrogens with zero attached hydrogens (tertiary/aromatic N) is 3. The van der Waals surface area contributed by atoms with Crippen molar-refractivity contribution >= 4 is 52.6 Å². The average Bonchev–Trinajstić information content (AvgIpc) is 3.35. The van der Waals surface area contributed by atoms with E-state index in [4.69, 9.17) is 4.74 Å². The second-order valence-electron chi connectivity index (χ2n) is 8.58. The Hall–Kier alpha value is -3.79. The highest BCUT2D eigenvalue weighted by Crippen LogP contribution is 2.39. The summed E-state index contributed by atoms with van der Waals surface area (Å²) >= 11 is 1.55. The van der Waals surface area contributed by atoms with E-state index in [-0.39, 0.29) is 24.1 Å². The summed E-state index contributed by atoms with van der Waals surface area (Å²) in [5.74, 6) is 1.67. The van der Waals surface area contributed by atoms with Crippen molar-refractivity contribution in [3.63, 3.8) is 0 Å². The molecule has 3 N–H and O–H groups in total. The van der Waals surface area contributed by atoms with Crippen molar-refractivity contribution in [2.24, 2.45) is 0 Å². The first-order valence-electron chi connectivity index (χ1n) is 11.0. The quantitative estimate of drug-likeness (QED) is 0.520. The van der Waals surface area contributed by atoms with Crippen molar-refractivity contribution in [1.82, 2.24) is 15.3 Å². The number of rotatable bonds is 4. The van der Waals surface area contributed by atoms with E-state index < -0.39 is 0 Å². The number of fused-ring (bicyclic) bond motifs is 4. The SMILES string of the molecule is Cc1cnc(Nc2ccc3c(c2)[C@H]2NC(=O)O[C@H]2C3)nc1Nc1ccc2c(c1)N(C)C(=O)CS2. The topological polar surface area (TPSA) is 108 Å². The molecular weight excluding hydrogens is 452 g/mol. The fourth-order valence-corrected chi connectivity index (χ4v) is 5.49. The summed E-state index contributed by atoms with van der Waals surface area (Å²) < 4.78 is 5.33. The van der Waals surface area contributed by atoms with E-state index in [1.54, 1.807) is 29.9 Å². The number of hydrogen-bond donors (Lipinski definition) is 3. The van der Waals surface area contributed by atoms with Crippen LogP contribution in [-0.2, 0) is 16.0 Å². The van der Waals surface area contributed by atoms with Gasteiger partial charge in [0.15, 0.2) is 0 Å². The molecule has 1 aromatic heterocycles. The van der Waals surface area contributed by atoms with E-state index in [0.29, 0.717) is 23.9 Å². The van der Waals surface area contributed by atoms with Gasteiger partial charge in [0.05, 0.1) is 17.5 Å². The van der Waals surface area contributed by atoms with Gasteiger partial charge >= 0.3 is 6.09 Å². The molecule has 2 aliphatic heterocycles. The minimum Gasteiger partial charge on any atom is -0.443 e. The largest absolute Gasteiger partial charge is 0.443 e. The Bertz CT molecular complexity index is 1350. The molecule has 2 amide bonds. The molecule has 2 atom stereocenters. The number of anilines is 5. The van der Waals surface area contributed by atoms with Gasteiger partial charge in [-0.1, -0.05) is 6.07 Å². The number of alkyl carbamates (subject to hydrolysis) is 1. The van der Waals surface area contributed by atoms with E-state index in [9.17, 15) is 9.59 Å². The van der Waals surface area contributed by atoms with Crippen molar-refractivity contribution < 1.29 is 14.3 Å². The highest BCUT2D eigenvalue weighted by molar-refractivity contribution is 8.00. The molecule has 34 heavy (non-hydrogen) atoms. The van der Waals surface area contributed by atoms with E-state index in [1.165, 1.54) is 5.56 Å². The van der Waals surface area contributed by atoms with Gasteiger partial charge in [-0.3, -0.25) is 4.79 Å². The van der Waals surface area contributed by atoms with Crippen LogP contribution in [0.1, 0.15) is 22.7 Å². The summed E-state index contributed by atoms with van der Waals surface area (Å²) in [6.45, 7) is 1.94. The number of thioether (sulfide) groups is 1. The van der Waals surface area contributed by atoms with Crippen molar-refractivity contribution in [2.75, 3.05) is 28.3 Å². The van der Waals surface area contributed by atoms with Crippen molar-refractivity contribution in [1.29, 1.82) is 0 Å². The first-order chi connectivity index (χ1) is 16.4. The van der Waals surface area contributed by atoms with Crippen LogP contribution >= 0.6 is 11.8 Å². The third kappa shape index (κ3) is 3.60. The fourth-order valence-electron chi connectivity index (χ4n) is 4.51. The number of carbonyl (C=O) groups is 2. The number of amides is 2. The minimum atomic E-state index is -0.368. The summed E-state index contributed by atoms with van der Waals surface area (Å²) in [6, 6.07) is 11.9. The average molecular weight is 475 g/mol. The van der Waals surface area contributed by atoms with Gasteiger partial charge < -0.3 is 25.6 Å². The third-order valence-corrected chi connectivity index (χ3v) is 7.39. The monoisotopic (exact) mass is 474 g/mol. The number of benzene rings is 2. The van der Waals surface area contributed by atoms with Crippen LogP contribution in [0.5, 0.6) is 0 Å². The molecule has 3 heterocycles. The molecule has 9 nitrogen and oxygen atoms in total. The van der Waals surface area contributed by atoms with Gasteiger partial charge in [-0.2, -0.15) is 4.98 Å². The molecule has 0 spiro atoms. The maximum atomic E-state index is 12.1. The Morgan fingerprint density at radius 1 is 1.15 bits per heavy atom. The minimum absolute atomic E-state index is 0.0868. The summed E-state index contributed by atoms with van der Waals surface area (Å²) in [6.07, 6.45) is 1.96. The fraction of sp³-hybridized carbons (Fsp3) is 0.250. The summed E-state index contributed by atoms with van der Waals surface area (Å²) in [4.78, 5) is 35.5. The number of ether oxygens (including phenoxy) is 1. The van der Waals surface area contributed by atoms with Gasteiger partial charge in [-0.25, -0.2) is 9.78 Å². The Kier molecular flexibility index (Phi) is 4.84. The smallest absolute Gasteiger partial charge is 0.408 e. The van der Waals surface area contributed by atoms with Crippen LogP contribution in [0.2, 0.25) is 0 Å². The normalized spacial score (nSPS) is 20.2. The lowest BCUT2D eigenvalue weighted by Crippen LogP contribution is -2.31. The first kappa shape index (κ1) is 20.8. The lowest BCUT2D eigenvalue weighted by molar-refractivity contribution is -0.116. The van der Waals surface area contributed by atoms with Crippen LogP contribution in [-0.4, -0.2) is 40.9 Å². The second-order valence-corrected chi connectivity index (χ2v) is 9.60. The molecule has 172 valence electrons. The zero-order valence-corrected chi connectivity index (χ0v) is 19.4. The van der Waals surface area contributed by atoms with Gasteiger partial charge in [0.25, 0.3) is 0 Å². The lowest BCUT2D eigenvalue weighted by atomic mass is 10.1. The zero-order chi connectivity index (χ0) is 23.4. The first-order valence-corrected chi connectivity index (χ1v) is 11.9. The third-order valence-electron chi connectivity index (χ3n) is 6.34. The number of hydrogen-bond acceptors (Lipinski definition) is 8. The van der Waals surface area contributed by atoms with Crippen LogP contribution in [0.4, 0.5) is 33.6 Å². The number of carbonyl (C=O) groups excluding carboxylic acids is 2. The molecule has 0 radical (unpaired) electrons.